The third kappa shape index (κ3) is 3.11. The molecule has 1 N–H and O–H groups in total. The number of carbonyl (C=O) groups is 1. The lowest BCUT2D eigenvalue weighted by Crippen LogP contribution is -2.16. The molecule has 22 heavy (non-hydrogen) atoms. The Hall–Kier alpha value is -3.16. The Bertz CT molecular complexity index is 790. The Kier molecular flexibility index (Phi) is 3.82. The number of anilines is 1. The molecule has 0 aliphatic heterocycles. The standard InChI is InChI=1S/C14H11FN6O/c15-11-4-2-1-3-10(11)5-14(22)20-12-6-13(18-8-17-12)21-9-16-7-19-21/h1-4,6-9H,5H2,(H,17,18,20,22). The van der Waals surface area contributed by atoms with Crippen LogP contribution in [-0.4, -0.2) is 30.6 Å². The van der Waals surface area contributed by atoms with Crippen molar-refractivity contribution in [1.82, 2.24) is 24.7 Å². The van der Waals surface area contributed by atoms with E-state index in [-0.39, 0.29) is 12.3 Å². The van der Waals surface area contributed by atoms with Crippen LogP contribution in [0.4, 0.5) is 10.2 Å². The van der Waals surface area contributed by atoms with E-state index in [1.807, 2.05) is 0 Å². The fraction of sp³-hybridized carbons (Fsp3) is 0.0714. The number of amides is 1. The Morgan fingerprint density at radius 1 is 1.23 bits per heavy atom. The topological polar surface area (TPSA) is 85.6 Å². The molecule has 1 amide bonds. The monoisotopic (exact) mass is 298 g/mol. The van der Waals surface area contributed by atoms with Gasteiger partial charge in [-0.05, 0) is 11.6 Å². The van der Waals surface area contributed by atoms with Crippen LogP contribution in [-0.2, 0) is 11.2 Å². The number of halogens is 1. The summed E-state index contributed by atoms with van der Waals surface area (Å²) in [5, 5.41) is 6.54. The number of carbonyl (C=O) groups excluding carboxylic acids is 1. The van der Waals surface area contributed by atoms with Crippen molar-refractivity contribution in [3.8, 4) is 5.82 Å². The number of benzene rings is 1. The lowest BCUT2D eigenvalue weighted by Gasteiger charge is -2.06. The molecule has 0 saturated carbocycles. The number of aromatic nitrogens is 5. The summed E-state index contributed by atoms with van der Waals surface area (Å²) in [5.74, 6) is -0.00693. The second kappa shape index (κ2) is 6.08. The molecule has 110 valence electrons. The largest absolute Gasteiger partial charge is 0.310 e. The normalized spacial score (nSPS) is 10.4. The average molecular weight is 298 g/mol. The first-order valence-electron chi connectivity index (χ1n) is 6.42. The molecule has 2 aromatic heterocycles. The van der Waals surface area contributed by atoms with E-state index in [9.17, 15) is 9.18 Å². The van der Waals surface area contributed by atoms with E-state index in [0.29, 0.717) is 17.2 Å². The zero-order valence-corrected chi connectivity index (χ0v) is 11.3. The van der Waals surface area contributed by atoms with Crippen molar-refractivity contribution >= 4 is 11.7 Å². The maximum atomic E-state index is 13.5. The van der Waals surface area contributed by atoms with Gasteiger partial charge < -0.3 is 5.32 Å². The minimum Gasteiger partial charge on any atom is -0.310 e. The van der Waals surface area contributed by atoms with Gasteiger partial charge in [0.05, 0.1) is 6.42 Å². The number of nitrogens with one attached hydrogen (secondary N) is 1. The zero-order chi connectivity index (χ0) is 15.4. The molecule has 0 saturated heterocycles. The van der Waals surface area contributed by atoms with Gasteiger partial charge in [0.15, 0.2) is 5.82 Å². The van der Waals surface area contributed by atoms with Crippen molar-refractivity contribution in [2.45, 2.75) is 6.42 Å². The Morgan fingerprint density at radius 2 is 2.09 bits per heavy atom. The number of rotatable bonds is 4. The van der Waals surface area contributed by atoms with Crippen LogP contribution < -0.4 is 5.32 Å². The van der Waals surface area contributed by atoms with Crippen LogP contribution in [0.15, 0.2) is 49.3 Å². The van der Waals surface area contributed by atoms with E-state index in [1.54, 1.807) is 24.3 Å². The van der Waals surface area contributed by atoms with Crippen LogP contribution in [0, 0.1) is 5.82 Å². The highest BCUT2D eigenvalue weighted by atomic mass is 19.1. The third-order valence-electron chi connectivity index (χ3n) is 2.88. The predicted octanol–water partition coefficient (Wildman–Crippen LogP) is 1.38. The molecule has 0 bridgehead atoms. The molecule has 8 heteroatoms. The van der Waals surface area contributed by atoms with Crippen LogP contribution in [0.3, 0.4) is 0 Å². The minimum absolute atomic E-state index is 0.0741. The molecule has 0 aliphatic carbocycles. The van der Waals surface area contributed by atoms with Gasteiger partial charge in [0.1, 0.15) is 30.6 Å². The van der Waals surface area contributed by atoms with Gasteiger partial charge in [0.2, 0.25) is 5.91 Å². The Labute approximate surface area is 124 Å². The van der Waals surface area contributed by atoms with Crippen molar-refractivity contribution in [1.29, 1.82) is 0 Å². The maximum Gasteiger partial charge on any atom is 0.230 e. The molecule has 7 nitrogen and oxygen atoms in total. The smallest absolute Gasteiger partial charge is 0.230 e. The van der Waals surface area contributed by atoms with Crippen molar-refractivity contribution in [2.24, 2.45) is 0 Å². The fourth-order valence-electron chi connectivity index (χ4n) is 1.87. The molecule has 0 aliphatic rings. The van der Waals surface area contributed by atoms with E-state index in [2.05, 4.69) is 25.4 Å². The van der Waals surface area contributed by atoms with Crippen molar-refractivity contribution in [3.63, 3.8) is 0 Å². The first-order valence-corrected chi connectivity index (χ1v) is 6.42. The van der Waals surface area contributed by atoms with Gasteiger partial charge in [-0.1, -0.05) is 18.2 Å². The highest BCUT2D eigenvalue weighted by Gasteiger charge is 2.09. The average Bonchev–Trinajstić information content (AvgIpc) is 3.04. The summed E-state index contributed by atoms with van der Waals surface area (Å²) in [6.45, 7) is 0. The summed E-state index contributed by atoms with van der Waals surface area (Å²) in [4.78, 5) is 23.8. The summed E-state index contributed by atoms with van der Waals surface area (Å²) in [6, 6.07) is 7.69. The van der Waals surface area contributed by atoms with Crippen LogP contribution in [0.2, 0.25) is 0 Å². The van der Waals surface area contributed by atoms with Crippen molar-refractivity contribution in [3.05, 3.63) is 60.7 Å². The second-order valence-electron chi connectivity index (χ2n) is 4.42. The van der Waals surface area contributed by atoms with E-state index in [4.69, 9.17) is 0 Å². The van der Waals surface area contributed by atoms with Crippen molar-refractivity contribution in [2.75, 3.05) is 5.32 Å². The summed E-state index contributed by atoms with van der Waals surface area (Å²) >= 11 is 0. The SMILES string of the molecule is O=C(Cc1ccccc1F)Nc1cc(-n2cncn2)ncn1. The van der Waals surface area contributed by atoms with E-state index >= 15 is 0 Å². The lowest BCUT2D eigenvalue weighted by molar-refractivity contribution is -0.115. The summed E-state index contributed by atoms with van der Waals surface area (Å²) in [7, 11) is 0. The Morgan fingerprint density at radius 3 is 2.86 bits per heavy atom. The highest BCUT2D eigenvalue weighted by molar-refractivity contribution is 5.91. The first-order chi connectivity index (χ1) is 10.7. The molecule has 0 fully saturated rings. The van der Waals surface area contributed by atoms with Crippen molar-refractivity contribution < 1.29 is 9.18 Å². The maximum absolute atomic E-state index is 13.5. The first kappa shape index (κ1) is 13.8. The molecule has 2 heterocycles. The number of hydrogen-bond acceptors (Lipinski definition) is 5. The number of nitrogens with zero attached hydrogens (tertiary/aromatic N) is 5. The molecule has 0 spiro atoms. The molecule has 0 radical (unpaired) electrons. The summed E-state index contributed by atoms with van der Waals surface area (Å²) in [5.41, 5.74) is 0.325. The molecular weight excluding hydrogens is 287 g/mol. The lowest BCUT2D eigenvalue weighted by atomic mass is 10.1. The molecule has 3 aromatic rings. The fourth-order valence-corrected chi connectivity index (χ4v) is 1.87. The van der Waals surface area contributed by atoms with Gasteiger partial charge in [0, 0.05) is 6.07 Å². The van der Waals surface area contributed by atoms with E-state index < -0.39 is 5.82 Å². The number of hydrogen-bond donors (Lipinski definition) is 1. The van der Waals surface area contributed by atoms with Gasteiger partial charge in [-0.15, -0.1) is 0 Å². The van der Waals surface area contributed by atoms with Gasteiger partial charge in [-0.25, -0.2) is 24.0 Å². The quantitative estimate of drug-likeness (QED) is 0.786. The highest BCUT2D eigenvalue weighted by Crippen LogP contribution is 2.10. The second-order valence-corrected chi connectivity index (χ2v) is 4.42. The summed E-state index contributed by atoms with van der Waals surface area (Å²) in [6.07, 6.45) is 4.08. The van der Waals surface area contributed by atoms with Crippen LogP contribution in [0.25, 0.3) is 5.82 Å². The minimum atomic E-state index is -0.413. The van der Waals surface area contributed by atoms with E-state index in [1.165, 1.54) is 29.7 Å². The molecule has 0 atom stereocenters. The molecule has 1 aromatic carbocycles. The predicted molar refractivity (Wildman–Crippen MR) is 75.7 cm³/mol. The van der Waals surface area contributed by atoms with Gasteiger partial charge in [-0.3, -0.25) is 4.79 Å². The molecule has 3 rings (SSSR count). The van der Waals surface area contributed by atoms with Gasteiger partial charge in [-0.2, -0.15) is 5.10 Å². The summed E-state index contributed by atoms with van der Waals surface area (Å²) < 4.78 is 15.0. The Balaban J connectivity index is 1.72. The molecular formula is C14H11FN6O. The van der Waals surface area contributed by atoms with Gasteiger partial charge >= 0.3 is 0 Å². The van der Waals surface area contributed by atoms with E-state index in [0.717, 1.165) is 0 Å². The zero-order valence-electron chi connectivity index (χ0n) is 11.3. The van der Waals surface area contributed by atoms with Gasteiger partial charge in [0.25, 0.3) is 0 Å². The van der Waals surface area contributed by atoms with Crippen LogP contribution in [0.1, 0.15) is 5.56 Å². The molecule has 0 unspecified atom stereocenters. The third-order valence-corrected chi connectivity index (χ3v) is 2.88. The van der Waals surface area contributed by atoms with Crippen LogP contribution >= 0.6 is 0 Å². The van der Waals surface area contributed by atoms with Crippen LogP contribution in [0.5, 0.6) is 0 Å².